The third-order valence-electron chi connectivity index (χ3n) is 5.59. The zero-order chi connectivity index (χ0) is 18.8. The lowest BCUT2D eigenvalue weighted by Gasteiger charge is -2.32. The number of benzene rings is 2. The number of aliphatic hydroxyl groups excluding tert-OH is 1. The van der Waals surface area contributed by atoms with Crippen molar-refractivity contribution in [3.05, 3.63) is 64.7 Å². The van der Waals surface area contributed by atoms with Crippen LogP contribution in [0.2, 0.25) is 0 Å². The lowest BCUT2D eigenvalue weighted by Crippen LogP contribution is -2.44. The second-order valence-electron chi connectivity index (χ2n) is 7.60. The largest absolute Gasteiger partial charge is 0.508 e. The van der Waals surface area contributed by atoms with Gasteiger partial charge in [0.1, 0.15) is 5.75 Å². The SMILES string of the molecule is O=C1c2ccc(O)cc2CCCN1CC(O)CN1CCc2ccccc2C1. The summed E-state index contributed by atoms with van der Waals surface area (Å²) in [5, 5.41) is 20.3. The lowest BCUT2D eigenvalue weighted by molar-refractivity contribution is 0.0513. The van der Waals surface area contributed by atoms with E-state index in [9.17, 15) is 15.0 Å². The zero-order valence-corrected chi connectivity index (χ0v) is 15.5. The van der Waals surface area contributed by atoms with Crippen LogP contribution in [-0.2, 0) is 19.4 Å². The van der Waals surface area contributed by atoms with Gasteiger partial charge < -0.3 is 15.1 Å². The number of fused-ring (bicyclic) bond motifs is 2. The van der Waals surface area contributed by atoms with Crippen LogP contribution >= 0.6 is 0 Å². The lowest BCUT2D eigenvalue weighted by atomic mass is 10.00. The van der Waals surface area contributed by atoms with E-state index in [1.54, 1.807) is 23.1 Å². The molecule has 5 heteroatoms. The van der Waals surface area contributed by atoms with Crippen LogP contribution in [0.4, 0.5) is 0 Å². The van der Waals surface area contributed by atoms with E-state index in [1.807, 2.05) is 0 Å². The van der Waals surface area contributed by atoms with Crippen molar-refractivity contribution >= 4 is 5.91 Å². The van der Waals surface area contributed by atoms with E-state index in [0.29, 0.717) is 25.2 Å². The molecule has 0 aromatic heterocycles. The summed E-state index contributed by atoms with van der Waals surface area (Å²) in [5.41, 5.74) is 4.26. The second-order valence-corrected chi connectivity index (χ2v) is 7.60. The highest BCUT2D eigenvalue weighted by Crippen LogP contribution is 2.23. The van der Waals surface area contributed by atoms with E-state index in [0.717, 1.165) is 37.9 Å². The Balaban J connectivity index is 1.39. The molecular formula is C22H26N2O3. The summed E-state index contributed by atoms with van der Waals surface area (Å²) in [7, 11) is 0. The predicted octanol–water partition coefficient (Wildman–Crippen LogP) is 2.20. The van der Waals surface area contributed by atoms with Crippen molar-refractivity contribution in [1.29, 1.82) is 0 Å². The molecule has 0 saturated heterocycles. The van der Waals surface area contributed by atoms with E-state index in [-0.39, 0.29) is 11.7 Å². The first-order valence-corrected chi connectivity index (χ1v) is 9.68. The number of nitrogens with zero attached hydrogens (tertiary/aromatic N) is 2. The van der Waals surface area contributed by atoms with Crippen LogP contribution in [0.1, 0.15) is 33.5 Å². The molecule has 2 aromatic rings. The number of hydrogen-bond donors (Lipinski definition) is 2. The molecule has 0 spiro atoms. The topological polar surface area (TPSA) is 64.0 Å². The third-order valence-corrected chi connectivity index (χ3v) is 5.59. The van der Waals surface area contributed by atoms with Gasteiger partial charge in [-0.15, -0.1) is 0 Å². The van der Waals surface area contributed by atoms with Crippen molar-refractivity contribution < 1.29 is 15.0 Å². The zero-order valence-electron chi connectivity index (χ0n) is 15.5. The van der Waals surface area contributed by atoms with E-state index in [1.165, 1.54) is 11.1 Å². The molecule has 0 bridgehead atoms. The number of phenols is 1. The highest BCUT2D eigenvalue weighted by molar-refractivity contribution is 5.96. The maximum absolute atomic E-state index is 12.9. The fourth-order valence-electron chi connectivity index (χ4n) is 4.22. The fourth-order valence-corrected chi connectivity index (χ4v) is 4.22. The Labute approximate surface area is 159 Å². The third kappa shape index (κ3) is 3.99. The Morgan fingerprint density at radius 1 is 0.963 bits per heavy atom. The molecular weight excluding hydrogens is 340 g/mol. The first-order valence-electron chi connectivity index (χ1n) is 9.68. The first-order chi connectivity index (χ1) is 13.1. The van der Waals surface area contributed by atoms with E-state index in [4.69, 9.17) is 0 Å². The molecule has 0 fully saturated rings. The summed E-state index contributed by atoms with van der Waals surface area (Å²) < 4.78 is 0. The number of aliphatic hydroxyl groups is 1. The fraction of sp³-hybridized carbons (Fsp3) is 0.409. The van der Waals surface area contributed by atoms with Crippen molar-refractivity contribution in [2.24, 2.45) is 0 Å². The number of amides is 1. The van der Waals surface area contributed by atoms with Crippen LogP contribution < -0.4 is 0 Å². The van der Waals surface area contributed by atoms with Crippen LogP contribution in [0.15, 0.2) is 42.5 Å². The maximum atomic E-state index is 12.9. The van der Waals surface area contributed by atoms with Gasteiger partial charge in [0, 0.05) is 38.3 Å². The number of rotatable bonds is 4. The van der Waals surface area contributed by atoms with Crippen molar-refractivity contribution in [1.82, 2.24) is 9.80 Å². The minimum atomic E-state index is -0.571. The molecule has 1 amide bonds. The number of β-amino-alcohol motifs (C(OH)–C–C–N with tert-alkyl or cyclic N) is 1. The first kappa shape index (κ1) is 18.0. The molecule has 2 aliphatic heterocycles. The quantitative estimate of drug-likeness (QED) is 0.871. The standard InChI is InChI=1S/C22H26N2O3/c25-19-7-8-21-17(12-19)6-3-10-24(22(21)27)15-20(26)14-23-11-9-16-4-1-2-5-18(16)13-23/h1-2,4-5,7-8,12,20,25-26H,3,6,9-11,13-15H2. The number of phenolic OH excluding ortho intramolecular Hbond substituents is 1. The van der Waals surface area contributed by atoms with Crippen LogP contribution in [0, 0.1) is 0 Å². The van der Waals surface area contributed by atoms with Crippen LogP contribution in [0.25, 0.3) is 0 Å². The molecule has 27 heavy (non-hydrogen) atoms. The molecule has 2 aliphatic rings. The minimum Gasteiger partial charge on any atom is -0.508 e. The number of hydrogen-bond acceptors (Lipinski definition) is 4. The molecule has 1 atom stereocenters. The van der Waals surface area contributed by atoms with E-state index in [2.05, 4.69) is 29.2 Å². The summed E-state index contributed by atoms with van der Waals surface area (Å²) in [6.45, 7) is 3.33. The maximum Gasteiger partial charge on any atom is 0.254 e. The monoisotopic (exact) mass is 366 g/mol. The minimum absolute atomic E-state index is 0.0504. The van der Waals surface area contributed by atoms with Gasteiger partial charge in [-0.05, 0) is 54.2 Å². The Morgan fingerprint density at radius 2 is 1.78 bits per heavy atom. The van der Waals surface area contributed by atoms with Gasteiger partial charge in [-0.25, -0.2) is 0 Å². The van der Waals surface area contributed by atoms with Crippen LogP contribution in [0.5, 0.6) is 5.75 Å². The average Bonchev–Trinajstić information content (AvgIpc) is 2.80. The molecule has 5 nitrogen and oxygen atoms in total. The summed E-state index contributed by atoms with van der Waals surface area (Å²) >= 11 is 0. The van der Waals surface area contributed by atoms with Gasteiger partial charge in [0.25, 0.3) is 5.91 Å². The number of carbonyl (C=O) groups is 1. The number of aromatic hydroxyl groups is 1. The molecule has 142 valence electrons. The molecule has 0 radical (unpaired) electrons. The highest BCUT2D eigenvalue weighted by Gasteiger charge is 2.26. The Hall–Kier alpha value is -2.37. The number of aryl methyl sites for hydroxylation is 1. The smallest absolute Gasteiger partial charge is 0.254 e. The number of carbonyl (C=O) groups excluding carboxylic acids is 1. The molecule has 0 saturated carbocycles. The molecule has 2 aromatic carbocycles. The van der Waals surface area contributed by atoms with Gasteiger partial charge in [-0.1, -0.05) is 24.3 Å². The molecule has 2 N–H and O–H groups in total. The molecule has 2 heterocycles. The van der Waals surface area contributed by atoms with Crippen molar-refractivity contribution in [2.45, 2.75) is 31.9 Å². The Bertz CT molecular complexity index is 836. The van der Waals surface area contributed by atoms with Crippen molar-refractivity contribution in [2.75, 3.05) is 26.2 Å². The van der Waals surface area contributed by atoms with Gasteiger partial charge in [-0.3, -0.25) is 9.69 Å². The normalized spacial score (nSPS) is 18.6. The Kier molecular flexibility index (Phi) is 5.14. The van der Waals surface area contributed by atoms with E-state index >= 15 is 0 Å². The molecule has 1 unspecified atom stereocenters. The summed E-state index contributed by atoms with van der Waals surface area (Å²) in [6, 6.07) is 13.4. The van der Waals surface area contributed by atoms with Gasteiger partial charge in [0.2, 0.25) is 0 Å². The molecule has 0 aliphatic carbocycles. The second kappa shape index (κ2) is 7.71. The summed E-state index contributed by atoms with van der Waals surface area (Å²) in [5.74, 6) is 0.144. The Morgan fingerprint density at radius 3 is 2.63 bits per heavy atom. The average molecular weight is 366 g/mol. The van der Waals surface area contributed by atoms with Gasteiger partial charge >= 0.3 is 0 Å². The van der Waals surface area contributed by atoms with E-state index < -0.39 is 6.10 Å². The van der Waals surface area contributed by atoms with Gasteiger partial charge in [-0.2, -0.15) is 0 Å². The summed E-state index contributed by atoms with van der Waals surface area (Å²) in [4.78, 5) is 16.9. The van der Waals surface area contributed by atoms with Gasteiger partial charge in [0.05, 0.1) is 6.10 Å². The summed E-state index contributed by atoms with van der Waals surface area (Å²) in [6.07, 6.45) is 2.04. The highest BCUT2D eigenvalue weighted by atomic mass is 16.3. The van der Waals surface area contributed by atoms with Gasteiger partial charge in [0.15, 0.2) is 0 Å². The van der Waals surface area contributed by atoms with Crippen molar-refractivity contribution in [3.8, 4) is 5.75 Å². The predicted molar refractivity (Wildman–Crippen MR) is 104 cm³/mol. The van der Waals surface area contributed by atoms with Crippen molar-refractivity contribution in [3.63, 3.8) is 0 Å². The van der Waals surface area contributed by atoms with Crippen LogP contribution in [-0.4, -0.2) is 58.2 Å². The molecule has 4 rings (SSSR count). The van der Waals surface area contributed by atoms with Crippen LogP contribution in [0.3, 0.4) is 0 Å².